The Hall–Kier alpha value is -2.93. The maximum Gasteiger partial charge on any atom is 0.224 e. The van der Waals surface area contributed by atoms with Gasteiger partial charge in [0.05, 0.1) is 11.4 Å². The number of para-hydroxylation sites is 1. The summed E-state index contributed by atoms with van der Waals surface area (Å²) in [6.07, 6.45) is 1.28. The third-order valence-electron chi connectivity index (χ3n) is 4.45. The van der Waals surface area contributed by atoms with E-state index in [1.54, 1.807) is 24.3 Å². The van der Waals surface area contributed by atoms with E-state index in [0.29, 0.717) is 22.8 Å². The second-order valence-corrected chi connectivity index (χ2v) is 7.68. The highest BCUT2D eigenvalue weighted by Crippen LogP contribution is 2.24. The number of benzene rings is 2. The lowest BCUT2D eigenvalue weighted by Crippen LogP contribution is -2.11. The Labute approximate surface area is 174 Å². The van der Waals surface area contributed by atoms with Crippen LogP contribution in [0.2, 0.25) is 0 Å². The summed E-state index contributed by atoms with van der Waals surface area (Å²) >= 11 is 1.37. The van der Waals surface area contributed by atoms with E-state index in [2.05, 4.69) is 15.5 Å². The van der Waals surface area contributed by atoms with Gasteiger partial charge in [-0.3, -0.25) is 14.2 Å². The fourth-order valence-corrected chi connectivity index (χ4v) is 3.82. The molecule has 0 aliphatic rings. The van der Waals surface area contributed by atoms with Crippen molar-refractivity contribution in [2.75, 3.05) is 11.1 Å². The minimum absolute atomic E-state index is 0.00146. The van der Waals surface area contributed by atoms with Crippen molar-refractivity contribution < 1.29 is 9.59 Å². The summed E-state index contributed by atoms with van der Waals surface area (Å²) in [5.41, 5.74) is 3.42. The molecule has 0 aliphatic heterocycles. The van der Waals surface area contributed by atoms with Crippen LogP contribution in [0, 0.1) is 13.8 Å². The molecule has 150 valence electrons. The van der Waals surface area contributed by atoms with Crippen LogP contribution in [0.25, 0.3) is 5.69 Å². The number of ketones is 1. The van der Waals surface area contributed by atoms with Gasteiger partial charge in [-0.2, -0.15) is 0 Å². The number of nitrogens with one attached hydrogen (secondary N) is 1. The Kier molecular flexibility index (Phi) is 6.82. The molecule has 0 saturated heterocycles. The number of carbonyl (C=O) groups excluding carboxylic acids is 2. The van der Waals surface area contributed by atoms with Crippen molar-refractivity contribution in [1.29, 1.82) is 0 Å². The number of thioether (sulfide) groups is 1. The van der Waals surface area contributed by atoms with Gasteiger partial charge in [0.25, 0.3) is 0 Å². The van der Waals surface area contributed by atoms with Crippen LogP contribution in [0.1, 0.15) is 41.5 Å². The molecule has 6 nitrogen and oxygen atoms in total. The first-order valence-corrected chi connectivity index (χ1v) is 10.5. The van der Waals surface area contributed by atoms with E-state index in [-0.39, 0.29) is 17.4 Å². The van der Waals surface area contributed by atoms with Gasteiger partial charge in [-0.25, -0.2) is 0 Å². The van der Waals surface area contributed by atoms with Gasteiger partial charge in [0.15, 0.2) is 10.9 Å². The molecule has 29 heavy (non-hydrogen) atoms. The van der Waals surface area contributed by atoms with Crippen LogP contribution in [0.5, 0.6) is 0 Å². The average Bonchev–Trinajstić information content (AvgIpc) is 3.07. The van der Waals surface area contributed by atoms with Crippen LogP contribution in [0.4, 0.5) is 5.69 Å². The third-order valence-corrected chi connectivity index (χ3v) is 5.38. The lowest BCUT2D eigenvalue weighted by Gasteiger charge is -2.11. The van der Waals surface area contributed by atoms with E-state index >= 15 is 0 Å². The topological polar surface area (TPSA) is 76.9 Å². The van der Waals surface area contributed by atoms with E-state index < -0.39 is 0 Å². The predicted molar refractivity (Wildman–Crippen MR) is 116 cm³/mol. The Bertz CT molecular complexity index is 1010. The number of anilines is 1. The van der Waals surface area contributed by atoms with Gasteiger partial charge in [0.2, 0.25) is 5.91 Å². The Morgan fingerprint density at radius 2 is 1.76 bits per heavy atom. The number of rotatable bonds is 8. The highest BCUT2D eigenvalue weighted by Gasteiger charge is 2.15. The Morgan fingerprint density at radius 1 is 1.03 bits per heavy atom. The Morgan fingerprint density at radius 3 is 2.45 bits per heavy atom. The molecule has 3 rings (SSSR count). The van der Waals surface area contributed by atoms with Crippen LogP contribution in [0.3, 0.4) is 0 Å². The van der Waals surface area contributed by atoms with E-state index in [4.69, 9.17) is 0 Å². The molecular formula is C22H24N4O2S. The summed E-state index contributed by atoms with van der Waals surface area (Å²) in [7, 11) is 0. The van der Waals surface area contributed by atoms with Gasteiger partial charge >= 0.3 is 0 Å². The first kappa shape index (κ1) is 20.8. The van der Waals surface area contributed by atoms with Crippen molar-refractivity contribution >= 4 is 29.1 Å². The molecule has 1 aromatic heterocycles. The molecule has 0 radical (unpaired) electrons. The fourth-order valence-electron chi connectivity index (χ4n) is 2.93. The number of hydrogen-bond donors (Lipinski definition) is 1. The predicted octanol–water partition coefficient (Wildman–Crippen LogP) is 4.60. The SMILES string of the molecule is CCCC(=O)Nc1ccc(C(=O)CSc2nnc(C)n2-c2ccccc2C)cc1. The number of nitrogens with zero attached hydrogens (tertiary/aromatic N) is 3. The smallest absolute Gasteiger partial charge is 0.224 e. The standard InChI is InChI=1S/C22H24N4O2S/c1-4-7-21(28)23-18-12-10-17(11-13-18)20(27)14-29-22-25-24-16(3)26(22)19-9-6-5-8-15(19)2/h5-6,8-13H,4,7,14H2,1-3H3,(H,23,28). The molecule has 0 aliphatic carbocycles. The molecular weight excluding hydrogens is 384 g/mol. The molecule has 1 heterocycles. The number of carbonyl (C=O) groups is 2. The molecule has 3 aromatic rings. The number of aryl methyl sites for hydroxylation is 2. The molecule has 0 bridgehead atoms. The van der Waals surface area contributed by atoms with E-state index in [0.717, 1.165) is 23.5 Å². The number of amides is 1. The fraction of sp³-hybridized carbons (Fsp3) is 0.273. The largest absolute Gasteiger partial charge is 0.326 e. The summed E-state index contributed by atoms with van der Waals surface area (Å²) in [6, 6.07) is 15.0. The van der Waals surface area contributed by atoms with Gasteiger partial charge < -0.3 is 5.32 Å². The van der Waals surface area contributed by atoms with Crippen LogP contribution in [0.15, 0.2) is 53.7 Å². The van der Waals surface area contributed by atoms with Crippen LogP contribution in [-0.2, 0) is 4.79 Å². The zero-order valence-electron chi connectivity index (χ0n) is 16.8. The molecule has 0 atom stereocenters. The third kappa shape index (κ3) is 5.12. The van der Waals surface area contributed by atoms with Crippen molar-refractivity contribution in [3.63, 3.8) is 0 Å². The maximum atomic E-state index is 12.6. The summed E-state index contributed by atoms with van der Waals surface area (Å²) in [6.45, 7) is 5.90. The number of hydrogen-bond acceptors (Lipinski definition) is 5. The lowest BCUT2D eigenvalue weighted by atomic mass is 10.1. The summed E-state index contributed by atoms with van der Waals surface area (Å²) in [5.74, 6) is 1.01. The van der Waals surface area contributed by atoms with E-state index in [9.17, 15) is 9.59 Å². The highest BCUT2D eigenvalue weighted by molar-refractivity contribution is 7.99. The molecule has 7 heteroatoms. The van der Waals surface area contributed by atoms with Crippen molar-refractivity contribution in [2.24, 2.45) is 0 Å². The quantitative estimate of drug-likeness (QED) is 0.435. The van der Waals surface area contributed by atoms with Gasteiger partial charge in [-0.05, 0) is 56.2 Å². The molecule has 1 N–H and O–H groups in total. The van der Waals surface area contributed by atoms with Crippen LogP contribution in [-0.4, -0.2) is 32.2 Å². The minimum Gasteiger partial charge on any atom is -0.326 e. The van der Waals surface area contributed by atoms with Crippen molar-refractivity contribution in [1.82, 2.24) is 14.8 Å². The van der Waals surface area contributed by atoms with Gasteiger partial charge in [0.1, 0.15) is 5.82 Å². The zero-order chi connectivity index (χ0) is 20.8. The molecule has 0 saturated carbocycles. The van der Waals surface area contributed by atoms with Crippen molar-refractivity contribution in [3.8, 4) is 5.69 Å². The lowest BCUT2D eigenvalue weighted by molar-refractivity contribution is -0.116. The summed E-state index contributed by atoms with van der Waals surface area (Å²) in [4.78, 5) is 24.3. The number of Topliss-reactive ketones (excluding diaryl/α,β-unsaturated/α-hetero) is 1. The van der Waals surface area contributed by atoms with Gasteiger partial charge in [0, 0.05) is 17.7 Å². The van der Waals surface area contributed by atoms with E-state index in [1.807, 2.05) is 49.6 Å². The molecule has 0 spiro atoms. The van der Waals surface area contributed by atoms with Gasteiger partial charge in [-0.15, -0.1) is 10.2 Å². The summed E-state index contributed by atoms with van der Waals surface area (Å²) in [5, 5.41) is 11.9. The zero-order valence-corrected chi connectivity index (χ0v) is 17.6. The monoisotopic (exact) mass is 408 g/mol. The first-order chi connectivity index (χ1) is 14.0. The molecule has 2 aromatic carbocycles. The average molecular weight is 409 g/mol. The number of aromatic nitrogens is 3. The maximum absolute atomic E-state index is 12.6. The second-order valence-electron chi connectivity index (χ2n) is 6.74. The van der Waals surface area contributed by atoms with Crippen LogP contribution >= 0.6 is 11.8 Å². The van der Waals surface area contributed by atoms with Crippen LogP contribution < -0.4 is 5.32 Å². The first-order valence-electron chi connectivity index (χ1n) is 9.53. The van der Waals surface area contributed by atoms with Crippen molar-refractivity contribution in [2.45, 2.75) is 38.8 Å². The Balaban J connectivity index is 1.67. The van der Waals surface area contributed by atoms with Gasteiger partial charge in [-0.1, -0.05) is 36.9 Å². The molecule has 1 amide bonds. The second kappa shape index (κ2) is 9.52. The summed E-state index contributed by atoms with van der Waals surface area (Å²) < 4.78 is 1.97. The van der Waals surface area contributed by atoms with Crippen molar-refractivity contribution in [3.05, 3.63) is 65.5 Å². The normalized spacial score (nSPS) is 10.7. The molecule has 0 fully saturated rings. The molecule has 0 unspecified atom stereocenters. The highest BCUT2D eigenvalue weighted by atomic mass is 32.2. The minimum atomic E-state index is -0.0203. The van der Waals surface area contributed by atoms with E-state index in [1.165, 1.54) is 11.8 Å².